The maximum atomic E-state index is 5.77. The van der Waals surface area contributed by atoms with Crippen molar-refractivity contribution in [3.63, 3.8) is 0 Å². The van der Waals surface area contributed by atoms with Gasteiger partial charge in [0, 0.05) is 18.7 Å². The quantitative estimate of drug-likeness (QED) is 0.864. The van der Waals surface area contributed by atoms with E-state index in [1.807, 2.05) is 24.3 Å². The molecule has 0 saturated carbocycles. The van der Waals surface area contributed by atoms with Crippen LogP contribution >= 0.6 is 0 Å². The molecule has 1 aliphatic rings. The minimum Gasteiger partial charge on any atom is -0.497 e. The number of rotatable bonds is 4. The normalized spacial score (nSPS) is 22.7. The summed E-state index contributed by atoms with van der Waals surface area (Å²) in [6.45, 7) is 6.58. The van der Waals surface area contributed by atoms with Gasteiger partial charge in [-0.1, -0.05) is 0 Å². The Bertz CT molecular complexity index is 601. The highest BCUT2D eigenvalue weighted by molar-refractivity contribution is 5.53. The molecule has 0 bridgehead atoms. The summed E-state index contributed by atoms with van der Waals surface area (Å²) in [5, 5.41) is 8.28. The van der Waals surface area contributed by atoms with Gasteiger partial charge in [0.2, 0.25) is 11.8 Å². The van der Waals surface area contributed by atoms with Gasteiger partial charge in [-0.25, -0.2) is 0 Å². The van der Waals surface area contributed by atoms with Crippen LogP contribution in [0.3, 0.4) is 0 Å². The molecule has 118 valence electrons. The van der Waals surface area contributed by atoms with Crippen molar-refractivity contribution in [1.29, 1.82) is 0 Å². The standard InChI is InChI=1S/C16H21N3O3/c1-11-8-19(9-12(2)21-11)10-15-17-18-16(22-15)13-4-6-14(20-3)7-5-13/h4-7,11-12H,8-10H2,1-3H3/t11-,12-/m1/s1. The van der Waals surface area contributed by atoms with Crippen LogP contribution in [0.15, 0.2) is 28.7 Å². The van der Waals surface area contributed by atoms with Gasteiger partial charge in [-0.2, -0.15) is 0 Å². The van der Waals surface area contributed by atoms with Gasteiger partial charge >= 0.3 is 0 Å². The lowest BCUT2D eigenvalue weighted by atomic mass is 10.2. The molecule has 1 aliphatic heterocycles. The van der Waals surface area contributed by atoms with Crippen molar-refractivity contribution in [1.82, 2.24) is 15.1 Å². The third-order valence-electron chi connectivity index (χ3n) is 3.66. The summed E-state index contributed by atoms with van der Waals surface area (Å²) in [5.41, 5.74) is 0.892. The number of morpholine rings is 1. The molecule has 2 heterocycles. The lowest BCUT2D eigenvalue weighted by Crippen LogP contribution is -2.44. The summed E-state index contributed by atoms with van der Waals surface area (Å²) in [6, 6.07) is 7.58. The van der Waals surface area contributed by atoms with Gasteiger partial charge in [0.05, 0.1) is 25.9 Å². The molecule has 0 radical (unpaired) electrons. The molecule has 0 aliphatic carbocycles. The largest absolute Gasteiger partial charge is 0.497 e. The predicted molar refractivity (Wildman–Crippen MR) is 81.6 cm³/mol. The number of aromatic nitrogens is 2. The van der Waals surface area contributed by atoms with E-state index in [0.29, 0.717) is 18.3 Å². The van der Waals surface area contributed by atoms with E-state index in [1.165, 1.54) is 0 Å². The maximum absolute atomic E-state index is 5.77. The van der Waals surface area contributed by atoms with Crippen molar-refractivity contribution in [2.24, 2.45) is 0 Å². The number of nitrogens with zero attached hydrogens (tertiary/aromatic N) is 3. The number of methoxy groups -OCH3 is 1. The molecule has 6 nitrogen and oxygen atoms in total. The summed E-state index contributed by atoms with van der Waals surface area (Å²) in [7, 11) is 1.64. The Balaban J connectivity index is 1.68. The van der Waals surface area contributed by atoms with Crippen LogP contribution < -0.4 is 4.74 Å². The number of ether oxygens (including phenoxy) is 2. The first-order valence-electron chi connectivity index (χ1n) is 7.48. The molecule has 0 unspecified atom stereocenters. The predicted octanol–water partition coefficient (Wildman–Crippen LogP) is 2.35. The molecule has 1 saturated heterocycles. The van der Waals surface area contributed by atoms with Gasteiger partial charge in [0.25, 0.3) is 0 Å². The van der Waals surface area contributed by atoms with E-state index < -0.39 is 0 Å². The first-order chi connectivity index (χ1) is 10.6. The molecule has 3 rings (SSSR count). The van der Waals surface area contributed by atoms with E-state index in [4.69, 9.17) is 13.9 Å². The third kappa shape index (κ3) is 3.45. The van der Waals surface area contributed by atoms with Gasteiger partial charge in [0.15, 0.2) is 0 Å². The van der Waals surface area contributed by atoms with Crippen molar-refractivity contribution >= 4 is 0 Å². The van der Waals surface area contributed by atoms with Crippen LogP contribution in [0.5, 0.6) is 5.75 Å². The Morgan fingerprint density at radius 2 is 1.82 bits per heavy atom. The lowest BCUT2D eigenvalue weighted by Gasteiger charge is -2.34. The van der Waals surface area contributed by atoms with Gasteiger partial charge < -0.3 is 13.9 Å². The molecule has 0 N–H and O–H groups in total. The highest BCUT2D eigenvalue weighted by Gasteiger charge is 2.23. The molecule has 6 heteroatoms. The zero-order valence-corrected chi connectivity index (χ0v) is 13.2. The summed E-state index contributed by atoms with van der Waals surface area (Å²) in [4.78, 5) is 2.28. The highest BCUT2D eigenvalue weighted by Crippen LogP contribution is 2.22. The minimum absolute atomic E-state index is 0.229. The van der Waals surface area contributed by atoms with Gasteiger partial charge in [-0.3, -0.25) is 4.90 Å². The summed E-state index contributed by atoms with van der Waals surface area (Å²) in [5.74, 6) is 1.97. The molecule has 1 aromatic heterocycles. The monoisotopic (exact) mass is 303 g/mol. The van der Waals surface area contributed by atoms with E-state index >= 15 is 0 Å². The molecule has 1 aromatic carbocycles. The van der Waals surface area contributed by atoms with Gasteiger partial charge in [-0.05, 0) is 38.1 Å². The molecule has 0 spiro atoms. The first kappa shape index (κ1) is 15.0. The second-order valence-corrected chi connectivity index (χ2v) is 5.68. The van der Waals surface area contributed by atoms with Crippen molar-refractivity contribution < 1.29 is 13.9 Å². The van der Waals surface area contributed by atoms with Crippen LogP contribution in [0.2, 0.25) is 0 Å². The Labute approximate surface area is 130 Å². The van der Waals surface area contributed by atoms with E-state index in [-0.39, 0.29) is 12.2 Å². The van der Waals surface area contributed by atoms with Crippen LogP contribution in [-0.2, 0) is 11.3 Å². The van der Waals surface area contributed by atoms with E-state index in [9.17, 15) is 0 Å². The summed E-state index contributed by atoms with van der Waals surface area (Å²) in [6.07, 6.45) is 0.459. The van der Waals surface area contributed by atoms with E-state index in [0.717, 1.165) is 24.4 Å². The van der Waals surface area contributed by atoms with E-state index in [1.54, 1.807) is 7.11 Å². The average molecular weight is 303 g/mol. The van der Waals surface area contributed by atoms with E-state index in [2.05, 4.69) is 28.9 Å². The van der Waals surface area contributed by atoms with Crippen molar-refractivity contribution in [3.05, 3.63) is 30.2 Å². The molecular formula is C16H21N3O3. The van der Waals surface area contributed by atoms with Crippen molar-refractivity contribution in [2.45, 2.75) is 32.6 Å². The molecular weight excluding hydrogens is 282 g/mol. The van der Waals surface area contributed by atoms with Crippen molar-refractivity contribution in [3.8, 4) is 17.2 Å². The topological polar surface area (TPSA) is 60.6 Å². The lowest BCUT2D eigenvalue weighted by molar-refractivity contribution is -0.0721. The third-order valence-corrected chi connectivity index (χ3v) is 3.66. The van der Waals surface area contributed by atoms with Crippen molar-refractivity contribution in [2.75, 3.05) is 20.2 Å². The fraction of sp³-hybridized carbons (Fsp3) is 0.500. The fourth-order valence-corrected chi connectivity index (χ4v) is 2.77. The second kappa shape index (κ2) is 6.46. The maximum Gasteiger partial charge on any atom is 0.247 e. The molecule has 2 atom stereocenters. The average Bonchev–Trinajstić information content (AvgIpc) is 2.95. The molecule has 0 amide bonds. The highest BCUT2D eigenvalue weighted by atomic mass is 16.5. The minimum atomic E-state index is 0.229. The summed E-state index contributed by atoms with van der Waals surface area (Å²) >= 11 is 0. The molecule has 1 fully saturated rings. The number of hydrogen-bond donors (Lipinski definition) is 0. The van der Waals surface area contributed by atoms with Crippen LogP contribution in [0.25, 0.3) is 11.5 Å². The number of benzene rings is 1. The van der Waals surface area contributed by atoms with Crippen LogP contribution in [0, 0.1) is 0 Å². The first-order valence-corrected chi connectivity index (χ1v) is 7.48. The SMILES string of the molecule is COc1ccc(-c2nnc(CN3C[C@@H](C)O[C@H](C)C3)o2)cc1. The van der Waals surface area contributed by atoms with Crippen LogP contribution in [0.1, 0.15) is 19.7 Å². The molecule has 2 aromatic rings. The number of hydrogen-bond acceptors (Lipinski definition) is 6. The van der Waals surface area contributed by atoms with Gasteiger partial charge in [-0.15, -0.1) is 10.2 Å². The zero-order valence-electron chi connectivity index (χ0n) is 13.2. The molecule has 22 heavy (non-hydrogen) atoms. The van der Waals surface area contributed by atoms with Crippen LogP contribution in [0.4, 0.5) is 0 Å². The zero-order chi connectivity index (χ0) is 15.5. The fourth-order valence-electron chi connectivity index (χ4n) is 2.77. The van der Waals surface area contributed by atoms with Crippen LogP contribution in [-0.4, -0.2) is 47.5 Å². The Kier molecular flexibility index (Phi) is 4.40. The second-order valence-electron chi connectivity index (χ2n) is 5.68. The smallest absolute Gasteiger partial charge is 0.247 e. The van der Waals surface area contributed by atoms with Gasteiger partial charge in [0.1, 0.15) is 5.75 Å². The summed E-state index contributed by atoms with van der Waals surface area (Å²) < 4.78 is 16.6. The Hall–Kier alpha value is -1.92. The Morgan fingerprint density at radius 3 is 2.45 bits per heavy atom. The Morgan fingerprint density at radius 1 is 1.14 bits per heavy atom.